The molecule has 1 saturated heterocycles. The molecule has 2 rings (SSSR count). The minimum absolute atomic E-state index is 0.522. The minimum atomic E-state index is -4.42. The molecule has 0 N–H and O–H groups in total. The Kier molecular flexibility index (Phi) is 2.97. The Morgan fingerprint density at radius 3 is 2.12 bits per heavy atom. The number of halogens is 3. The van der Waals surface area contributed by atoms with Crippen LogP contribution >= 0.6 is 0 Å². The van der Waals surface area contributed by atoms with E-state index in [0.717, 1.165) is 19.2 Å². The van der Waals surface area contributed by atoms with E-state index in [-0.39, 0.29) is 0 Å². The Morgan fingerprint density at radius 2 is 1.71 bits per heavy atom. The van der Waals surface area contributed by atoms with E-state index in [1.54, 1.807) is 0 Å². The smallest absolute Gasteiger partial charge is 0.355 e. The van der Waals surface area contributed by atoms with Gasteiger partial charge in [0.2, 0.25) is 0 Å². The van der Waals surface area contributed by atoms with Gasteiger partial charge in [0.25, 0.3) is 0 Å². The number of alkyl halides is 3. The molecule has 0 spiro atoms. The molecule has 0 aliphatic carbocycles. The normalized spacial score (nSPS) is 25.4. The number of hydrogen-bond donors (Lipinski definition) is 0. The van der Waals surface area contributed by atoms with E-state index >= 15 is 0 Å². The fourth-order valence-corrected chi connectivity index (χ4v) is 1.96. The molecule has 1 aromatic heterocycles. The Balaban J connectivity index is 2.14. The summed E-state index contributed by atoms with van der Waals surface area (Å²) < 4.78 is 36.9. The molecule has 0 saturated carbocycles. The summed E-state index contributed by atoms with van der Waals surface area (Å²) in [6.07, 6.45) is -4.42. The lowest BCUT2D eigenvalue weighted by atomic mass is 10.0. The Morgan fingerprint density at radius 1 is 1.12 bits per heavy atom. The van der Waals surface area contributed by atoms with Crippen molar-refractivity contribution >= 4 is 5.82 Å². The topological polar surface area (TPSA) is 29.0 Å². The maximum Gasteiger partial charge on any atom is 0.435 e. The Hall–Kier alpha value is -1.33. The van der Waals surface area contributed by atoms with Gasteiger partial charge in [0.05, 0.1) is 0 Å². The van der Waals surface area contributed by atoms with Crippen molar-refractivity contribution in [3.63, 3.8) is 0 Å². The first-order valence-electron chi connectivity index (χ1n) is 5.54. The van der Waals surface area contributed by atoms with Crippen molar-refractivity contribution in [1.82, 2.24) is 10.2 Å². The van der Waals surface area contributed by atoms with Crippen LogP contribution in [0.4, 0.5) is 19.0 Å². The third-order valence-corrected chi connectivity index (χ3v) is 3.25. The van der Waals surface area contributed by atoms with E-state index < -0.39 is 11.9 Å². The third kappa shape index (κ3) is 2.50. The van der Waals surface area contributed by atoms with Gasteiger partial charge in [-0.2, -0.15) is 13.2 Å². The lowest BCUT2D eigenvalue weighted by Crippen LogP contribution is -2.22. The van der Waals surface area contributed by atoms with E-state index in [9.17, 15) is 13.2 Å². The number of nitrogens with zero attached hydrogens (tertiary/aromatic N) is 3. The molecule has 1 fully saturated rings. The van der Waals surface area contributed by atoms with Gasteiger partial charge in [-0.3, -0.25) is 0 Å². The molecule has 1 aromatic rings. The van der Waals surface area contributed by atoms with E-state index in [2.05, 4.69) is 24.0 Å². The van der Waals surface area contributed by atoms with Crippen LogP contribution in [0.3, 0.4) is 0 Å². The molecule has 2 atom stereocenters. The SMILES string of the molecule is CC1CN(c2ccc(C(F)(F)F)nn2)C[C@H]1C. The predicted octanol–water partition coefficient (Wildman–Crippen LogP) is 2.59. The summed E-state index contributed by atoms with van der Waals surface area (Å²) in [7, 11) is 0. The van der Waals surface area contributed by atoms with Crippen molar-refractivity contribution in [3.8, 4) is 0 Å². The fourth-order valence-electron chi connectivity index (χ4n) is 1.96. The van der Waals surface area contributed by atoms with Crippen molar-refractivity contribution in [2.45, 2.75) is 20.0 Å². The van der Waals surface area contributed by atoms with Gasteiger partial charge in [0.15, 0.2) is 11.5 Å². The second-order valence-electron chi connectivity index (χ2n) is 4.63. The average Bonchev–Trinajstić information content (AvgIpc) is 2.58. The molecule has 0 bridgehead atoms. The maximum atomic E-state index is 12.3. The minimum Gasteiger partial charge on any atom is -0.355 e. The molecule has 2 heterocycles. The molecule has 1 aliphatic rings. The summed E-state index contributed by atoms with van der Waals surface area (Å²) in [6.45, 7) is 5.90. The van der Waals surface area contributed by atoms with Crippen LogP contribution in [-0.4, -0.2) is 23.3 Å². The Bertz CT molecular complexity index is 378. The first-order valence-corrected chi connectivity index (χ1v) is 5.54. The number of aromatic nitrogens is 2. The van der Waals surface area contributed by atoms with Gasteiger partial charge in [-0.25, -0.2) is 0 Å². The molecule has 6 heteroatoms. The van der Waals surface area contributed by atoms with Crippen molar-refractivity contribution in [2.75, 3.05) is 18.0 Å². The van der Waals surface area contributed by atoms with Crippen LogP contribution in [0.5, 0.6) is 0 Å². The number of rotatable bonds is 1. The molecule has 0 aromatic carbocycles. The fraction of sp³-hybridized carbons (Fsp3) is 0.636. The molecule has 17 heavy (non-hydrogen) atoms. The second kappa shape index (κ2) is 4.16. The molecule has 94 valence electrons. The molecular weight excluding hydrogens is 231 g/mol. The quantitative estimate of drug-likeness (QED) is 0.761. The van der Waals surface area contributed by atoms with E-state index in [4.69, 9.17) is 0 Å². The second-order valence-corrected chi connectivity index (χ2v) is 4.63. The van der Waals surface area contributed by atoms with Gasteiger partial charge in [-0.1, -0.05) is 13.8 Å². The zero-order valence-electron chi connectivity index (χ0n) is 9.70. The molecule has 1 unspecified atom stereocenters. The zero-order chi connectivity index (χ0) is 12.6. The van der Waals surface area contributed by atoms with Crippen LogP contribution < -0.4 is 4.90 Å². The maximum absolute atomic E-state index is 12.3. The summed E-state index contributed by atoms with van der Waals surface area (Å²) in [6, 6.07) is 2.37. The van der Waals surface area contributed by atoms with E-state index in [1.807, 2.05) is 4.90 Å². The summed E-state index contributed by atoms with van der Waals surface area (Å²) in [5.74, 6) is 1.58. The summed E-state index contributed by atoms with van der Waals surface area (Å²) in [5, 5.41) is 6.88. The van der Waals surface area contributed by atoms with Gasteiger partial charge in [-0.15, -0.1) is 10.2 Å². The van der Waals surface area contributed by atoms with Crippen LogP contribution in [0, 0.1) is 11.8 Å². The Labute approximate surface area is 97.6 Å². The highest BCUT2D eigenvalue weighted by Crippen LogP contribution is 2.29. The number of anilines is 1. The standard InChI is InChI=1S/C11H14F3N3/c1-7-5-17(6-8(7)2)10-4-3-9(15-16-10)11(12,13)14/h3-4,7-8H,5-6H2,1-2H3/t7-,8?/m1/s1. The molecule has 0 amide bonds. The lowest BCUT2D eigenvalue weighted by molar-refractivity contribution is -0.141. The van der Waals surface area contributed by atoms with Crippen LogP contribution in [-0.2, 0) is 6.18 Å². The first-order chi connectivity index (χ1) is 7.88. The largest absolute Gasteiger partial charge is 0.435 e. The van der Waals surface area contributed by atoms with Crippen molar-refractivity contribution in [2.24, 2.45) is 11.8 Å². The van der Waals surface area contributed by atoms with Crippen LogP contribution in [0.2, 0.25) is 0 Å². The lowest BCUT2D eigenvalue weighted by Gasteiger charge is -2.16. The number of hydrogen-bond acceptors (Lipinski definition) is 3. The zero-order valence-corrected chi connectivity index (χ0v) is 9.70. The molecular formula is C11H14F3N3. The third-order valence-electron chi connectivity index (χ3n) is 3.25. The highest BCUT2D eigenvalue weighted by atomic mass is 19.4. The summed E-state index contributed by atoms with van der Waals surface area (Å²) >= 11 is 0. The van der Waals surface area contributed by atoms with Crippen molar-refractivity contribution < 1.29 is 13.2 Å². The van der Waals surface area contributed by atoms with E-state index in [1.165, 1.54) is 6.07 Å². The first kappa shape index (κ1) is 12.1. The van der Waals surface area contributed by atoms with Crippen molar-refractivity contribution in [3.05, 3.63) is 17.8 Å². The van der Waals surface area contributed by atoms with Crippen LogP contribution in [0.15, 0.2) is 12.1 Å². The van der Waals surface area contributed by atoms with Gasteiger partial charge < -0.3 is 4.90 Å². The molecule has 1 aliphatic heterocycles. The van der Waals surface area contributed by atoms with Crippen LogP contribution in [0.25, 0.3) is 0 Å². The van der Waals surface area contributed by atoms with Crippen molar-refractivity contribution in [1.29, 1.82) is 0 Å². The average molecular weight is 245 g/mol. The summed E-state index contributed by atoms with van der Waals surface area (Å²) in [5.41, 5.74) is -0.943. The van der Waals surface area contributed by atoms with Crippen LogP contribution in [0.1, 0.15) is 19.5 Å². The predicted molar refractivity (Wildman–Crippen MR) is 57.6 cm³/mol. The summed E-state index contributed by atoms with van der Waals surface area (Å²) in [4.78, 5) is 1.97. The monoisotopic (exact) mass is 245 g/mol. The van der Waals surface area contributed by atoms with E-state index in [0.29, 0.717) is 17.7 Å². The van der Waals surface area contributed by atoms with Gasteiger partial charge in [0.1, 0.15) is 0 Å². The molecule has 0 radical (unpaired) electrons. The highest BCUT2D eigenvalue weighted by Gasteiger charge is 2.33. The van der Waals surface area contributed by atoms with Gasteiger partial charge >= 0.3 is 6.18 Å². The van der Waals surface area contributed by atoms with Gasteiger partial charge in [-0.05, 0) is 24.0 Å². The van der Waals surface area contributed by atoms with Gasteiger partial charge in [0, 0.05) is 13.1 Å². The molecule has 3 nitrogen and oxygen atoms in total. The highest BCUT2D eigenvalue weighted by molar-refractivity contribution is 5.39.